The van der Waals surface area contributed by atoms with Crippen LogP contribution in [0.2, 0.25) is 0 Å². The number of fused-ring (bicyclic) bond motifs is 1. The lowest BCUT2D eigenvalue weighted by Crippen LogP contribution is -2.31. The highest BCUT2D eigenvalue weighted by atomic mass is 16.5. The Kier molecular flexibility index (Phi) is 4.61. The molecule has 132 valence electrons. The maximum absolute atomic E-state index is 12.9. The molecule has 3 nitrogen and oxygen atoms in total. The number of hydrogen-bond acceptors (Lipinski definition) is 2. The first-order valence-electron chi connectivity index (χ1n) is 9.13. The Morgan fingerprint density at radius 2 is 1.69 bits per heavy atom. The molecular formula is C23H23NO2. The summed E-state index contributed by atoms with van der Waals surface area (Å²) < 4.78 is 5.23. The first-order valence-corrected chi connectivity index (χ1v) is 9.13. The smallest absolute Gasteiger partial charge is 0.226 e. The molecule has 26 heavy (non-hydrogen) atoms. The molecule has 1 saturated carbocycles. The first-order chi connectivity index (χ1) is 12.7. The van der Waals surface area contributed by atoms with Crippen molar-refractivity contribution in [3.63, 3.8) is 0 Å². The summed E-state index contributed by atoms with van der Waals surface area (Å²) >= 11 is 0. The van der Waals surface area contributed by atoms with Crippen molar-refractivity contribution in [2.24, 2.45) is 5.92 Å². The predicted molar refractivity (Wildman–Crippen MR) is 104 cm³/mol. The van der Waals surface area contributed by atoms with Gasteiger partial charge in [-0.15, -0.1) is 0 Å². The number of rotatable bonds is 6. The van der Waals surface area contributed by atoms with E-state index in [9.17, 15) is 4.79 Å². The molecule has 4 rings (SSSR count). The van der Waals surface area contributed by atoms with Crippen LogP contribution in [-0.4, -0.2) is 17.9 Å². The molecule has 3 aromatic carbocycles. The Balaban J connectivity index is 1.61. The molecule has 0 aromatic heterocycles. The topological polar surface area (TPSA) is 29.5 Å². The lowest BCUT2D eigenvalue weighted by Gasteiger charge is -2.24. The van der Waals surface area contributed by atoms with Crippen molar-refractivity contribution in [1.29, 1.82) is 0 Å². The van der Waals surface area contributed by atoms with Gasteiger partial charge >= 0.3 is 0 Å². The number of ether oxygens (including phenoxy) is 1. The summed E-state index contributed by atoms with van der Waals surface area (Å²) in [6.07, 6.45) is 2.04. The van der Waals surface area contributed by atoms with Crippen molar-refractivity contribution in [2.75, 3.05) is 7.11 Å². The molecule has 1 aliphatic rings. The average Bonchev–Trinajstić information content (AvgIpc) is 3.53. The summed E-state index contributed by atoms with van der Waals surface area (Å²) in [5.41, 5.74) is 2.32. The van der Waals surface area contributed by atoms with Crippen LogP contribution >= 0.6 is 0 Å². The highest BCUT2D eigenvalue weighted by Gasteiger charge is 2.33. The summed E-state index contributed by atoms with van der Waals surface area (Å²) in [6.45, 7) is 1.27. The molecule has 0 unspecified atom stereocenters. The molecule has 0 bridgehead atoms. The van der Waals surface area contributed by atoms with Crippen LogP contribution < -0.4 is 4.74 Å². The number of benzene rings is 3. The van der Waals surface area contributed by atoms with Gasteiger partial charge in [0.05, 0.1) is 7.11 Å². The monoisotopic (exact) mass is 345 g/mol. The van der Waals surface area contributed by atoms with Crippen LogP contribution in [0.25, 0.3) is 10.8 Å². The quantitative estimate of drug-likeness (QED) is 0.643. The van der Waals surface area contributed by atoms with Gasteiger partial charge in [-0.05, 0) is 46.9 Å². The third kappa shape index (κ3) is 3.57. The van der Waals surface area contributed by atoms with E-state index in [4.69, 9.17) is 4.74 Å². The zero-order valence-electron chi connectivity index (χ0n) is 15.0. The van der Waals surface area contributed by atoms with E-state index in [1.54, 1.807) is 7.11 Å². The summed E-state index contributed by atoms with van der Waals surface area (Å²) in [5.74, 6) is 1.32. The Morgan fingerprint density at radius 1 is 0.962 bits per heavy atom. The van der Waals surface area contributed by atoms with E-state index < -0.39 is 0 Å². The Labute approximate surface area is 154 Å². The molecule has 0 heterocycles. The average molecular weight is 345 g/mol. The number of amides is 1. The van der Waals surface area contributed by atoms with Gasteiger partial charge in [0.1, 0.15) is 5.75 Å². The molecule has 0 radical (unpaired) electrons. The van der Waals surface area contributed by atoms with Crippen LogP contribution in [-0.2, 0) is 17.9 Å². The van der Waals surface area contributed by atoms with Crippen molar-refractivity contribution >= 4 is 16.7 Å². The fourth-order valence-electron chi connectivity index (χ4n) is 3.39. The number of carbonyl (C=O) groups excluding carboxylic acids is 1. The van der Waals surface area contributed by atoms with Crippen molar-refractivity contribution < 1.29 is 9.53 Å². The molecule has 0 spiro atoms. The number of methoxy groups -OCH3 is 1. The molecule has 1 amide bonds. The second-order valence-electron chi connectivity index (χ2n) is 6.95. The van der Waals surface area contributed by atoms with Crippen LogP contribution in [0.4, 0.5) is 0 Å². The molecule has 3 aromatic rings. The fraction of sp³-hybridized carbons (Fsp3) is 0.261. The third-order valence-corrected chi connectivity index (χ3v) is 5.01. The predicted octanol–water partition coefficient (Wildman–Crippen LogP) is 4.79. The molecule has 3 heteroatoms. The van der Waals surface area contributed by atoms with Gasteiger partial charge in [0.2, 0.25) is 5.91 Å². The number of hydrogen-bond donors (Lipinski definition) is 0. The van der Waals surface area contributed by atoms with E-state index in [2.05, 4.69) is 42.5 Å². The minimum Gasteiger partial charge on any atom is -0.497 e. The van der Waals surface area contributed by atoms with E-state index in [-0.39, 0.29) is 11.8 Å². The van der Waals surface area contributed by atoms with Crippen molar-refractivity contribution in [2.45, 2.75) is 25.9 Å². The fourth-order valence-corrected chi connectivity index (χ4v) is 3.39. The summed E-state index contributed by atoms with van der Waals surface area (Å²) in [6, 6.07) is 22.7. The second-order valence-corrected chi connectivity index (χ2v) is 6.95. The van der Waals surface area contributed by atoms with Gasteiger partial charge < -0.3 is 9.64 Å². The number of carbonyl (C=O) groups is 1. The first kappa shape index (κ1) is 16.6. The van der Waals surface area contributed by atoms with Gasteiger partial charge in [0.25, 0.3) is 0 Å². The molecule has 1 aliphatic carbocycles. The van der Waals surface area contributed by atoms with Gasteiger partial charge in [-0.2, -0.15) is 0 Å². The Hall–Kier alpha value is -2.81. The maximum atomic E-state index is 12.9. The summed E-state index contributed by atoms with van der Waals surface area (Å²) in [4.78, 5) is 14.9. The zero-order valence-corrected chi connectivity index (χ0v) is 15.0. The standard InChI is InChI=1S/C23H23NO2/c1-26-21-13-9-17(10-14-21)15-24(23(25)19-11-12-19)16-20-7-4-6-18-5-2-3-8-22(18)20/h2-10,13-14,19H,11-12,15-16H2,1H3. The van der Waals surface area contributed by atoms with Gasteiger partial charge in [0, 0.05) is 19.0 Å². The zero-order chi connectivity index (χ0) is 17.9. The van der Waals surface area contributed by atoms with Gasteiger partial charge in [0.15, 0.2) is 0 Å². The minimum absolute atomic E-state index is 0.211. The Bertz CT molecular complexity index is 908. The van der Waals surface area contributed by atoms with E-state index in [1.807, 2.05) is 29.2 Å². The largest absolute Gasteiger partial charge is 0.497 e. The van der Waals surface area contributed by atoms with E-state index in [0.29, 0.717) is 13.1 Å². The van der Waals surface area contributed by atoms with Crippen molar-refractivity contribution in [1.82, 2.24) is 4.90 Å². The molecular weight excluding hydrogens is 322 g/mol. The van der Waals surface area contributed by atoms with Crippen molar-refractivity contribution in [3.05, 3.63) is 77.9 Å². The maximum Gasteiger partial charge on any atom is 0.226 e. The van der Waals surface area contributed by atoms with Crippen LogP contribution in [0.15, 0.2) is 66.7 Å². The highest BCUT2D eigenvalue weighted by Crippen LogP contribution is 2.32. The molecule has 0 aliphatic heterocycles. The molecule has 0 saturated heterocycles. The van der Waals surface area contributed by atoms with Gasteiger partial charge in [-0.25, -0.2) is 0 Å². The second kappa shape index (κ2) is 7.20. The number of nitrogens with zero attached hydrogens (tertiary/aromatic N) is 1. The normalized spacial score (nSPS) is 13.6. The third-order valence-electron chi connectivity index (χ3n) is 5.01. The van der Waals surface area contributed by atoms with E-state index in [0.717, 1.165) is 24.2 Å². The molecule has 0 atom stereocenters. The summed E-state index contributed by atoms with van der Waals surface area (Å²) in [7, 11) is 1.67. The highest BCUT2D eigenvalue weighted by molar-refractivity contribution is 5.86. The van der Waals surface area contributed by atoms with Crippen LogP contribution in [0.5, 0.6) is 5.75 Å². The van der Waals surface area contributed by atoms with Gasteiger partial charge in [-0.1, -0.05) is 54.6 Å². The summed E-state index contributed by atoms with van der Waals surface area (Å²) in [5, 5.41) is 2.44. The van der Waals surface area contributed by atoms with Crippen LogP contribution in [0, 0.1) is 5.92 Å². The lowest BCUT2D eigenvalue weighted by atomic mass is 10.0. The van der Waals surface area contributed by atoms with Crippen LogP contribution in [0.1, 0.15) is 24.0 Å². The Morgan fingerprint density at radius 3 is 2.42 bits per heavy atom. The van der Waals surface area contributed by atoms with E-state index in [1.165, 1.54) is 16.3 Å². The van der Waals surface area contributed by atoms with Crippen molar-refractivity contribution in [3.8, 4) is 5.75 Å². The van der Waals surface area contributed by atoms with E-state index >= 15 is 0 Å². The SMILES string of the molecule is COc1ccc(CN(Cc2cccc3ccccc23)C(=O)C2CC2)cc1. The van der Waals surface area contributed by atoms with Crippen LogP contribution in [0.3, 0.4) is 0 Å². The molecule has 0 N–H and O–H groups in total. The molecule has 1 fully saturated rings. The lowest BCUT2D eigenvalue weighted by molar-refractivity contribution is -0.133. The van der Waals surface area contributed by atoms with Gasteiger partial charge in [-0.3, -0.25) is 4.79 Å². The minimum atomic E-state index is 0.211.